The number of hydrogen-bond acceptors (Lipinski definition) is 4. The summed E-state index contributed by atoms with van der Waals surface area (Å²) in [7, 11) is 0. The maximum absolute atomic E-state index is 6.74. The smallest absolute Gasteiger partial charge is 0.164 e. The van der Waals surface area contributed by atoms with Gasteiger partial charge in [-0.25, -0.2) is 15.0 Å². The van der Waals surface area contributed by atoms with E-state index in [1.165, 1.54) is 16.5 Å². The zero-order valence-corrected chi connectivity index (χ0v) is 25.5. The first kappa shape index (κ1) is 27.2. The Hall–Kier alpha value is -6.13. The number of allylic oxidation sites excluding steroid dienone is 2. The standard InChI is InChI=1S/C43H29N3O/c1-3-11-28(12-4-1)30-19-22-31(23-20-30)35-25-26-37(39-36-17-9-10-18-38(36)47-40(35)39)43-45-41(32-14-5-2-6-15-32)44-42(46-43)34-24-21-29-13-7-8-16-33(29)27-34/h1-27,39-40H. The summed E-state index contributed by atoms with van der Waals surface area (Å²) in [5.41, 5.74) is 8.73. The van der Waals surface area contributed by atoms with Gasteiger partial charge in [-0.3, -0.25) is 0 Å². The molecule has 9 rings (SSSR count). The molecule has 4 nitrogen and oxygen atoms in total. The number of para-hydroxylation sites is 1. The summed E-state index contributed by atoms with van der Waals surface area (Å²) < 4.78 is 6.74. The average Bonchev–Trinajstić information content (AvgIpc) is 3.55. The molecule has 47 heavy (non-hydrogen) atoms. The van der Waals surface area contributed by atoms with E-state index in [-0.39, 0.29) is 12.0 Å². The van der Waals surface area contributed by atoms with Crippen molar-refractivity contribution in [3.05, 3.63) is 181 Å². The van der Waals surface area contributed by atoms with Crippen molar-refractivity contribution in [2.24, 2.45) is 0 Å². The summed E-state index contributed by atoms with van der Waals surface area (Å²) >= 11 is 0. The summed E-state index contributed by atoms with van der Waals surface area (Å²) in [5.74, 6) is 2.78. The van der Waals surface area contributed by atoms with E-state index in [4.69, 9.17) is 19.7 Å². The molecule has 7 aromatic rings. The molecule has 0 N–H and O–H groups in total. The van der Waals surface area contributed by atoms with Crippen LogP contribution in [0, 0.1) is 0 Å². The topological polar surface area (TPSA) is 47.9 Å². The number of ether oxygens (including phenoxy) is 1. The molecule has 4 heteroatoms. The lowest BCUT2D eigenvalue weighted by Crippen LogP contribution is -2.25. The van der Waals surface area contributed by atoms with Gasteiger partial charge < -0.3 is 4.74 Å². The Morgan fingerprint density at radius 2 is 0.957 bits per heavy atom. The number of fused-ring (bicyclic) bond motifs is 4. The molecule has 0 saturated heterocycles. The van der Waals surface area contributed by atoms with Gasteiger partial charge in [0, 0.05) is 27.8 Å². The van der Waals surface area contributed by atoms with Gasteiger partial charge >= 0.3 is 0 Å². The van der Waals surface area contributed by atoms with Crippen molar-refractivity contribution in [3.8, 4) is 39.7 Å². The van der Waals surface area contributed by atoms with Gasteiger partial charge in [0.2, 0.25) is 0 Å². The van der Waals surface area contributed by atoms with Gasteiger partial charge in [-0.1, -0.05) is 152 Å². The third-order valence-corrected chi connectivity index (χ3v) is 9.15. The molecular weight excluding hydrogens is 574 g/mol. The fraction of sp³-hybridized carbons (Fsp3) is 0.0465. The molecule has 1 aromatic heterocycles. The first-order valence-electron chi connectivity index (χ1n) is 15.9. The van der Waals surface area contributed by atoms with E-state index < -0.39 is 0 Å². The molecule has 0 spiro atoms. The molecule has 0 bridgehead atoms. The second-order valence-corrected chi connectivity index (χ2v) is 12.0. The quantitative estimate of drug-likeness (QED) is 0.196. The number of aromatic nitrogens is 3. The van der Waals surface area contributed by atoms with Gasteiger partial charge in [0.25, 0.3) is 0 Å². The van der Waals surface area contributed by atoms with Crippen LogP contribution in [0.2, 0.25) is 0 Å². The number of rotatable bonds is 5. The van der Waals surface area contributed by atoms with E-state index in [1.54, 1.807) is 0 Å². The highest BCUT2D eigenvalue weighted by Crippen LogP contribution is 2.51. The first-order chi connectivity index (χ1) is 23.3. The normalized spacial score (nSPS) is 16.5. The molecule has 0 saturated carbocycles. The van der Waals surface area contributed by atoms with Crippen LogP contribution in [-0.4, -0.2) is 21.1 Å². The second-order valence-electron chi connectivity index (χ2n) is 12.0. The highest BCUT2D eigenvalue weighted by molar-refractivity contribution is 5.88. The predicted molar refractivity (Wildman–Crippen MR) is 190 cm³/mol. The van der Waals surface area contributed by atoms with Gasteiger partial charge in [-0.05, 0) is 39.6 Å². The fourth-order valence-corrected chi connectivity index (χ4v) is 6.80. The summed E-state index contributed by atoms with van der Waals surface area (Å²) in [6.45, 7) is 0. The SMILES string of the molecule is C1=C(c2ccc(-c3ccccc3)cc2)C2Oc3ccccc3C2C(c2nc(-c3ccccc3)nc(-c3ccc4ccccc4c3)n2)=C1. The Bertz CT molecular complexity index is 2330. The van der Waals surface area contributed by atoms with E-state index in [0.717, 1.165) is 44.5 Å². The zero-order valence-electron chi connectivity index (χ0n) is 25.5. The largest absolute Gasteiger partial charge is 0.484 e. The molecule has 2 atom stereocenters. The van der Waals surface area contributed by atoms with E-state index >= 15 is 0 Å². The molecule has 222 valence electrons. The van der Waals surface area contributed by atoms with Crippen LogP contribution in [0.4, 0.5) is 0 Å². The van der Waals surface area contributed by atoms with Gasteiger partial charge in [-0.15, -0.1) is 0 Å². The van der Waals surface area contributed by atoms with Crippen molar-refractivity contribution in [1.82, 2.24) is 15.0 Å². The molecule has 0 radical (unpaired) electrons. The van der Waals surface area contributed by atoms with Crippen LogP contribution in [-0.2, 0) is 0 Å². The lowest BCUT2D eigenvalue weighted by Gasteiger charge is -2.27. The summed E-state index contributed by atoms with van der Waals surface area (Å²) in [6.07, 6.45) is 4.15. The van der Waals surface area contributed by atoms with Crippen molar-refractivity contribution in [3.63, 3.8) is 0 Å². The van der Waals surface area contributed by atoms with E-state index in [2.05, 4.69) is 121 Å². The van der Waals surface area contributed by atoms with Crippen molar-refractivity contribution in [1.29, 1.82) is 0 Å². The molecule has 1 aliphatic heterocycles. The number of nitrogens with zero attached hydrogens (tertiary/aromatic N) is 3. The van der Waals surface area contributed by atoms with Crippen molar-refractivity contribution in [2.45, 2.75) is 12.0 Å². The first-order valence-corrected chi connectivity index (χ1v) is 15.9. The molecule has 2 unspecified atom stereocenters. The maximum atomic E-state index is 6.74. The van der Waals surface area contributed by atoms with Crippen molar-refractivity contribution >= 4 is 21.9 Å². The number of hydrogen-bond donors (Lipinski definition) is 0. The van der Waals surface area contributed by atoms with E-state index in [0.29, 0.717) is 17.5 Å². The summed E-state index contributed by atoms with van der Waals surface area (Å²) in [4.78, 5) is 15.3. The van der Waals surface area contributed by atoms with Crippen LogP contribution in [0.5, 0.6) is 5.75 Å². The molecule has 0 amide bonds. The van der Waals surface area contributed by atoms with Crippen LogP contribution in [0.1, 0.15) is 22.9 Å². The summed E-state index contributed by atoms with van der Waals surface area (Å²) in [6, 6.07) is 52.5. The van der Waals surface area contributed by atoms with Crippen LogP contribution >= 0.6 is 0 Å². The number of benzene rings is 6. The van der Waals surface area contributed by atoms with Crippen molar-refractivity contribution < 1.29 is 4.74 Å². The highest BCUT2D eigenvalue weighted by Gasteiger charge is 2.42. The fourth-order valence-electron chi connectivity index (χ4n) is 6.80. The minimum absolute atomic E-state index is 0.0736. The van der Waals surface area contributed by atoms with Gasteiger partial charge in [0.15, 0.2) is 17.5 Å². The second kappa shape index (κ2) is 11.3. The molecule has 0 fully saturated rings. The van der Waals surface area contributed by atoms with E-state index in [1.807, 2.05) is 42.5 Å². The van der Waals surface area contributed by atoms with Crippen molar-refractivity contribution in [2.75, 3.05) is 0 Å². The predicted octanol–water partition coefficient (Wildman–Crippen LogP) is 10.1. The molecule has 6 aromatic carbocycles. The minimum atomic E-state index is -0.212. The monoisotopic (exact) mass is 603 g/mol. The Morgan fingerprint density at radius 3 is 1.74 bits per heavy atom. The Balaban J connectivity index is 1.20. The minimum Gasteiger partial charge on any atom is -0.484 e. The maximum Gasteiger partial charge on any atom is 0.164 e. The van der Waals surface area contributed by atoms with Crippen LogP contribution in [0.15, 0.2) is 164 Å². The van der Waals surface area contributed by atoms with Gasteiger partial charge in [0.05, 0.1) is 5.92 Å². The van der Waals surface area contributed by atoms with Crippen LogP contribution in [0.3, 0.4) is 0 Å². The Kier molecular flexibility index (Phi) is 6.57. The summed E-state index contributed by atoms with van der Waals surface area (Å²) in [5, 5.41) is 2.33. The Morgan fingerprint density at radius 1 is 0.404 bits per heavy atom. The third-order valence-electron chi connectivity index (χ3n) is 9.15. The van der Waals surface area contributed by atoms with Crippen LogP contribution in [0.25, 0.3) is 55.8 Å². The van der Waals surface area contributed by atoms with E-state index in [9.17, 15) is 0 Å². The third kappa shape index (κ3) is 4.91. The lowest BCUT2D eigenvalue weighted by atomic mass is 9.78. The zero-order chi connectivity index (χ0) is 31.2. The lowest BCUT2D eigenvalue weighted by molar-refractivity contribution is 0.281. The molecule has 1 aliphatic carbocycles. The van der Waals surface area contributed by atoms with Gasteiger partial charge in [0.1, 0.15) is 11.9 Å². The highest BCUT2D eigenvalue weighted by atomic mass is 16.5. The molecule has 2 heterocycles. The van der Waals surface area contributed by atoms with Gasteiger partial charge in [-0.2, -0.15) is 0 Å². The van der Waals surface area contributed by atoms with Crippen LogP contribution < -0.4 is 4.74 Å². The molecular formula is C43H29N3O. The molecule has 2 aliphatic rings. The Labute approximate surface area is 273 Å². The average molecular weight is 604 g/mol.